The number of methoxy groups -OCH3 is 1. The Balaban J connectivity index is 1.84. The van der Waals surface area contributed by atoms with Gasteiger partial charge >= 0.3 is 0 Å². The fourth-order valence-corrected chi connectivity index (χ4v) is 4.06. The van der Waals surface area contributed by atoms with E-state index in [1.54, 1.807) is 19.2 Å². The maximum absolute atomic E-state index is 13.4. The Morgan fingerprint density at radius 1 is 1.03 bits per heavy atom. The van der Waals surface area contributed by atoms with Gasteiger partial charge in [0, 0.05) is 18.7 Å². The van der Waals surface area contributed by atoms with Gasteiger partial charge in [0.1, 0.15) is 11.4 Å². The van der Waals surface area contributed by atoms with Gasteiger partial charge in [0.25, 0.3) is 0 Å². The monoisotopic (exact) mass is 404 g/mol. The summed E-state index contributed by atoms with van der Waals surface area (Å²) in [5, 5.41) is 0. The van der Waals surface area contributed by atoms with Crippen LogP contribution in [-0.4, -0.2) is 51.4 Å². The van der Waals surface area contributed by atoms with Crippen molar-refractivity contribution < 1.29 is 9.53 Å². The molecule has 4 aromatic rings. The van der Waals surface area contributed by atoms with Crippen molar-refractivity contribution in [1.82, 2.24) is 18.9 Å². The highest BCUT2D eigenvalue weighted by Crippen LogP contribution is 2.26. The summed E-state index contributed by atoms with van der Waals surface area (Å²) in [6.45, 7) is 10.1. The van der Waals surface area contributed by atoms with Crippen molar-refractivity contribution in [1.29, 1.82) is 0 Å². The molecule has 6 heteroatoms. The highest BCUT2D eigenvalue weighted by Gasteiger charge is 2.23. The van der Waals surface area contributed by atoms with Crippen LogP contribution in [0.2, 0.25) is 0 Å². The minimum Gasteiger partial charge on any atom is -0.497 e. The van der Waals surface area contributed by atoms with Gasteiger partial charge in [-0.05, 0) is 56.4 Å². The van der Waals surface area contributed by atoms with Crippen molar-refractivity contribution in [2.75, 3.05) is 26.7 Å². The first-order valence-electron chi connectivity index (χ1n) is 10.5. The Hall–Kier alpha value is -3.12. The number of hydrogen-bond donors (Lipinski definition) is 0. The van der Waals surface area contributed by atoms with E-state index in [2.05, 4.69) is 35.4 Å². The smallest absolute Gasteiger partial charge is 0.215 e. The zero-order chi connectivity index (χ0) is 21.3. The van der Waals surface area contributed by atoms with Crippen LogP contribution in [0.5, 0.6) is 5.75 Å². The Kier molecular flexibility index (Phi) is 5.59. The van der Waals surface area contributed by atoms with E-state index in [-0.39, 0.29) is 5.78 Å². The van der Waals surface area contributed by atoms with E-state index in [9.17, 15) is 4.79 Å². The van der Waals surface area contributed by atoms with Crippen LogP contribution >= 0.6 is 0 Å². The molecule has 0 unspecified atom stereocenters. The van der Waals surface area contributed by atoms with Gasteiger partial charge in [-0.25, -0.2) is 4.98 Å². The van der Waals surface area contributed by atoms with E-state index in [0.717, 1.165) is 54.4 Å². The van der Waals surface area contributed by atoms with Crippen LogP contribution in [0.25, 0.3) is 16.8 Å². The van der Waals surface area contributed by atoms with E-state index in [4.69, 9.17) is 9.72 Å². The van der Waals surface area contributed by atoms with Crippen molar-refractivity contribution in [3.8, 4) is 5.75 Å². The quantitative estimate of drug-likeness (QED) is 0.414. The number of aryl methyl sites for hydroxylation is 1. The number of ketones is 1. The van der Waals surface area contributed by atoms with E-state index in [0.29, 0.717) is 11.3 Å². The van der Waals surface area contributed by atoms with Crippen LogP contribution in [-0.2, 0) is 6.54 Å². The fraction of sp³-hybridized carbons (Fsp3) is 0.333. The maximum atomic E-state index is 13.4. The van der Waals surface area contributed by atoms with Crippen molar-refractivity contribution >= 4 is 22.6 Å². The zero-order valence-electron chi connectivity index (χ0n) is 18.1. The average molecular weight is 405 g/mol. The molecular formula is C24H28N4O2. The molecule has 30 heavy (non-hydrogen) atoms. The number of para-hydroxylation sites is 2. The van der Waals surface area contributed by atoms with Gasteiger partial charge < -0.3 is 14.2 Å². The summed E-state index contributed by atoms with van der Waals surface area (Å²) >= 11 is 0. The molecule has 0 fully saturated rings. The average Bonchev–Trinajstić information content (AvgIpc) is 3.27. The number of carbonyl (C=O) groups excluding carboxylic acids is 1. The maximum Gasteiger partial charge on any atom is 0.215 e. The summed E-state index contributed by atoms with van der Waals surface area (Å²) in [6.07, 6.45) is 0. The molecule has 0 N–H and O–H groups in total. The van der Waals surface area contributed by atoms with E-state index < -0.39 is 0 Å². The number of carbonyl (C=O) groups is 1. The molecule has 2 aromatic heterocycles. The second kappa shape index (κ2) is 8.32. The predicted molar refractivity (Wildman–Crippen MR) is 120 cm³/mol. The van der Waals surface area contributed by atoms with Crippen LogP contribution < -0.4 is 4.74 Å². The lowest BCUT2D eigenvalue weighted by Crippen LogP contribution is -2.27. The molecule has 0 aliphatic carbocycles. The predicted octanol–water partition coefficient (Wildman–Crippen LogP) is 4.18. The Morgan fingerprint density at radius 2 is 1.70 bits per heavy atom. The molecule has 0 spiro atoms. The molecule has 0 saturated heterocycles. The Labute approximate surface area is 176 Å². The topological polar surface area (TPSA) is 51.8 Å². The van der Waals surface area contributed by atoms with Gasteiger partial charge in [-0.1, -0.05) is 26.0 Å². The van der Waals surface area contributed by atoms with Crippen LogP contribution in [0.4, 0.5) is 0 Å². The van der Waals surface area contributed by atoms with Gasteiger partial charge in [0.05, 0.1) is 23.8 Å². The highest BCUT2D eigenvalue weighted by atomic mass is 16.5. The first kappa shape index (κ1) is 20.2. The lowest BCUT2D eigenvalue weighted by Gasteiger charge is -2.18. The lowest BCUT2D eigenvalue weighted by atomic mass is 10.1. The Bertz CT molecular complexity index is 1180. The number of fused-ring (bicyclic) bond motifs is 3. The third-order valence-corrected chi connectivity index (χ3v) is 5.79. The van der Waals surface area contributed by atoms with Gasteiger partial charge in [0.15, 0.2) is 0 Å². The standard InChI is InChI=1S/C24H28N4O2/c1-5-26(6-2)15-16-27-20-9-7-8-10-21(20)28-22(17(3)25-24(27)28)23(29)18-11-13-19(30-4)14-12-18/h7-14H,5-6,15-16H2,1-4H3. The van der Waals surface area contributed by atoms with Crippen LogP contribution in [0.3, 0.4) is 0 Å². The molecule has 0 saturated carbocycles. The molecule has 0 radical (unpaired) electrons. The number of ether oxygens (including phenoxy) is 1. The van der Waals surface area contributed by atoms with Crippen molar-refractivity contribution in [2.45, 2.75) is 27.3 Å². The van der Waals surface area contributed by atoms with Crippen molar-refractivity contribution in [3.63, 3.8) is 0 Å². The van der Waals surface area contributed by atoms with Crippen LogP contribution in [0, 0.1) is 6.92 Å². The molecule has 0 amide bonds. The summed E-state index contributed by atoms with van der Waals surface area (Å²) in [7, 11) is 1.62. The molecule has 0 aliphatic rings. The number of likely N-dealkylation sites (N-methyl/N-ethyl adjacent to an activating group) is 1. The minimum atomic E-state index is -0.0331. The van der Waals surface area contributed by atoms with Crippen LogP contribution in [0.1, 0.15) is 35.6 Å². The molecule has 4 rings (SSSR count). The first-order valence-corrected chi connectivity index (χ1v) is 10.5. The number of imidazole rings is 2. The molecule has 0 atom stereocenters. The molecule has 156 valence electrons. The largest absolute Gasteiger partial charge is 0.497 e. The molecule has 2 aromatic carbocycles. The van der Waals surface area contributed by atoms with E-state index in [1.807, 2.05) is 35.6 Å². The third-order valence-electron chi connectivity index (χ3n) is 5.79. The van der Waals surface area contributed by atoms with Gasteiger partial charge in [-0.15, -0.1) is 0 Å². The van der Waals surface area contributed by atoms with Crippen molar-refractivity contribution in [3.05, 3.63) is 65.5 Å². The minimum absolute atomic E-state index is 0.0331. The summed E-state index contributed by atoms with van der Waals surface area (Å²) in [6, 6.07) is 15.4. The highest BCUT2D eigenvalue weighted by molar-refractivity contribution is 6.10. The number of benzene rings is 2. The fourth-order valence-electron chi connectivity index (χ4n) is 4.06. The number of rotatable bonds is 8. The molecular weight excluding hydrogens is 376 g/mol. The number of aromatic nitrogens is 3. The normalized spacial score (nSPS) is 11.6. The third kappa shape index (κ3) is 3.37. The van der Waals surface area contributed by atoms with Gasteiger partial charge in [0.2, 0.25) is 11.6 Å². The summed E-state index contributed by atoms with van der Waals surface area (Å²) < 4.78 is 9.46. The van der Waals surface area contributed by atoms with Crippen LogP contribution in [0.15, 0.2) is 48.5 Å². The van der Waals surface area contributed by atoms with Gasteiger partial charge in [-0.2, -0.15) is 0 Å². The molecule has 0 aliphatic heterocycles. The van der Waals surface area contributed by atoms with Crippen molar-refractivity contribution in [2.24, 2.45) is 0 Å². The summed E-state index contributed by atoms with van der Waals surface area (Å²) in [5.41, 5.74) is 4.09. The SMILES string of the molecule is CCN(CC)CCn1c2ccccc2n2c(C(=O)c3ccc(OC)cc3)c(C)nc12. The second-order valence-corrected chi connectivity index (χ2v) is 7.41. The lowest BCUT2D eigenvalue weighted by molar-refractivity contribution is 0.103. The van der Waals surface area contributed by atoms with Gasteiger partial charge in [-0.3, -0.25) is 9.20 Å². The molecule has 6 nitrogen and oxygen atoms in total. The number of hydrogen-bond acceptors (Lipinski definition) is 4. The number of nitrogens with zero attached hydrogens (tertiary/aromatic N) is 4. The first-order chi connectivity index (χ1) is 14.6. The second-order valence-electron chi connectivity index (χ2n) is 7.41. The van der Waals surface area contributed by atoms with E-state index >= 15 is 0 Å². The molecule has 0 bridgehead atoms. The Morgan fingerprint density at radius 3 is 2.33 bits per heavy atom. The zero-order valence-corrected chi connectivity index (χ0v) is 18.1. The molecule has 2 heterocycles. The van der Waals surface area contributed by atoms with E-state index in [1.165, 1.54) is 0 Å². The summed E-state index contributed by atoms with van der Waals surface area (Å²) in [4.78, 5) is 20.6. The summed E-state index contributed by atoms with van der Waals surface area (Å²) in [5.74, 6) is 1.52.